The van der Waals surface area contributed by atoms with Gasteiger partial charge in [-0.1, -0.05) is 0 Å². The van der Waals surface area contributed by atoms with E-state index < -0.39 is 5.60 Å². The van der Waals surface area contributed by atoms with E-state index in [-0.39, 0.29) is 12.1 Å². The van der Waals surface area contributed by atoms with E-state index in [4.69, 9.17) is 4.74 Å². The molecule has 2 aliphatic heterocycles. The Morgan fingerprint density at radius 2 is 2.06 bits per heavy atom. The zero-order valence-electron chi connectivity index (χ0n) is 11.3. The number of hydrogen-bond donors (Lipinski definition) is 1. The molecule has 4 nitrogen and oxygen atoms in total. The number of rotatable bonds is 0. The lowest BCUT2D eigenvalue weighted by atomic mass is 9.81. The monoisotopic (exact) mass is 240 g/mol. The highest BCUT2D eigenvalue weighted by atomic mass is 16.6. The number of carbonyl (C=O) groups is 1. The van der Waals surface area contributed by atoms with Crippen LogP contribution in [0.25, 0.3) is 0 Å². The number of hydrogen-bond acceptors (Lipinski definition) is 3. The Bertz CT molecular complexity index is 298. The first kappa shape index (κ1) is 12.7. The van der Waals surface area contributed by atoms with Crippen molar-refractivity contribution in [1.29, 1.82) is 0 Å². The summed E-state index contributed by atoms with van der Waals surface area (Å²) in [4.78, 5) is 14.1. The van der Waals surface area contributed by atoms with Crippen LogP contribution in [0.4, 0.5) is 4.79 Å². The van der Waals surface area contributed by atoms with Crippen LogP contribution < -0.4 is 5.32 Å². The number of carbonyl (C=O) groups excluding carboxylic acids is 1. The summed E-state index contributed by atoms with van der Waals surface area (Å²) in [6.07, 6.45) is 1.09. The van der Waals surface area contributed by atoms with Gasteiger partial charge in [-0.05, 0) is 59.0 Å². The molecule has 0 aliphatic carbocycles. The lowest BCUT2D eigenvalue weighted by molar-refractivity contribution is -0.0123. The molecule has 3 atom stereocenters. The van der Waals surface area contributed by atoms with Crippen LogP contribution in [-0.2, 0) is 4.74 Å². The molecule has 4 heteroatoms. The van der Waals surface area contributed by atoms with E-state index in [1.54, 1.807) is 0 Å². The number of fused-ring (bicyclic) bond motifs is 2. The highest BCUT2D eigenvalue weighted by Crippen LogP contribution is 2.30. The van der Waals surface area contributed by atoms with Crippen molar-refractivity contribution in [1.82, 2.24) is 10.2 Å². The van der Waals surface area contributed by atoms with Gasteiger partial charge in [0.1, 0.15) is 5.60 Å². The topological polar surface area (TPSA) is 41.6 Å². The van der Waals surface area contributed by atoms with Crippen molar-refractivity contribution in [3.63, 3.8) is 0 Å². The number of nitrogens with one attached hydrogen (secondary N) is 1. The molecule has 2 rings (SSSR count). The van der Waals surface area contributed by atoms with Crippen LogP contribution in [0.1, 0.15) is 34.1 Å². The molecule has 17 heavy (non-hydrogen) atoms. The minimum atomic E-state index is -0.401. The third kappa shape index (κ3) is 2.92. The van der Waals surface area contributed by atoms with Crippen LogP contribution in [0.15, 0.2) is 0 Å². The molecule has 0 aromatic heterocycles. The number of amides is 1. The minimum absolute atomic E-state index is 0.151. The van der Waals surface area contributed by atoms with E-state index in [1.807, 2.05) is 25.7 Å². The lowest BCUT2D eigenvalue weighted by Gasteiger charge is -2.46. The van der Waals surface area contributed by atoms with Crippen molar-refractivity contribution in [3.05, 3.63) is 0 Å². The third-order valence-electron chi connectivity index (χ3n) is 3.73. The fraction of sp³-hybridized carbons (Fsp3) is 0.923. The fourth-order valence-corrected chi connectivity index (χ4v) is 2.83. The Balaban J connectivity index is 2.02. The average Bonchev–Trinajstić information content (AvgIpc) is 2.21. The predicted molar refractivity (Wildman–Crippen MR) is 66.9 cm³/mol. The normalized spacial score (nSPS) is 33.4. The molecule has 0 unspecified atom stereocenters. The molecule has 1 N–H and O–H groups in total. The molecular formula is C13H24N2O2. The van der Waals surface area contributed by atoms with Gasteiger partial charge in [-0.2, -0.15) is 0 Å². The number of ether oxygens (including phenoxy) is 1. The van der Waals surface area contributed by atoms with Gasteiger partial charge in [0.25, 0.3) is 0 Å². The fourth-order valence-electron chi connectivity index (χ4n) is 2.83. The van der Waals surface area contributed by atoms with Gasteiger partial charge < -0.3 is 15.0 Å². The smallest absolute Gasteiger partial charge is 0.410 e. The van der Waals surface area contributed by atoms with Crippen LogP contribution in [0.3, 0.4) is 0 Å². The van der Waals surface area contributed by atoms with Gasteiger partial charge in [0.2, 0.25) is 0 Å². The maximum absolute atomic E-state index is 12.1. The first-order chi connectivity index (χ1) is 7.87. The summed E-state index contributed by atoms with van der Waals surface area (Å²) >= 11 is 0. The minimum Gasteiger partial charge on any atom is -0.444 e. The summed E-state index contributed by atoms with van der Waals surface area (Å²) in [6, 6.07) is 0.286. The first-order valence-electron chi connectivity index (χ1n) is 6.57. The summed E-state index contributed by atoms with van der Waals surface area (Å²) in [5, 5.41) is 3.45. The second-order valence-electron chi connectivity index (χ2n) is 6.39. The molecule has 1 amide bonds. The molecule has 2 fully saturated rings. The van der Waals surface area contributed by atoms with Gasteiger partial charge in [0.15, 0.2) is 0 Å². The number of piperidine rings is 2. The summed E-state index contributed by atoms with van der Waals surface area (Å²) in [6.45, 7) is 10.8. The van der Waals surface area contributed by atoms with Gasteiger partial charge >= 0.3 is 6.09 Å². The summed E-state index contributed by atoms with van der Waals surface area (Å²) in [5.74, 6) is 1.17. The molecule has 0 spiro atoms. The summed E-state index contributed by atoms with van der Waals surface area (Å²) in [5.41, 5.74) is -0.401. The average molecular weight is 240 g/mol. The Kier molecular flexibility index (Phi) is 3.34. The Hall–Kier alpha value is -0.770. The van der Waals surface area contributed by atoms with Gasteiger partial charge in [-0.25, -0.2) is 4.79 Å². The van der Waals surface area contributed by atoms with Crippen LogP contribution >= 0.6 is 0 Å². The quantitative estimate of drug-likeness (QED) is 0.702. The SMILES string of the molecule is C[C@@H]1[C@@H]2CNC[C@@H](C2)CN1C(=O)OC(C)(C)C. The molecular weight excluding hydrogens is 216 g/mol. The van der Waals surface area contributed by atoms with Crippen molar-refractivity contribution >= 4 is 6.09 Å². The molecule has 2 saturated heterocycles. The second-order valence-corrected chi connectivity index (χ2v) is 6.39. The third-order valence-corrected chi connectivity index (χ3v) is 3.73. The van der Waals surface area contributed by atoms with Crippen molar-refractivity contribution in [2.75, 3.05) is 19.6 Å². The van der Waals surface area contributed by atoms with Gasteiger partial charge in [0, 0.05) is 12.6 Å². The molecule has 2 bridgehead atoms. The summed E-state index contributed by atoms with van der Waals surface area (Å²) < 4.78 is 5.48. The zero-order chi connectivity index (χ0) is 12.6. The predicted octanol–water partition coefficient (Wildman–Crippen LogP) is 1.85. The van der Waals surface area contributed by atoms with Crippen molar-refractivity contribution in [2.45, 2.75) is 45.8 Å². The van der Waals surface area contributed by atoms with E-state index in [1.165, 1.54) is 6.42 Å². The van der Waals surface area contributed by atoms with Crippen LogP contribution in [-0.4, -0.2) is 42.3 Å². The molecule has 0 aromatic carbocycles. The zero-order valence-corrected chi connectivity index (χ0v) is 11.3. The van der Waals surface area contributed by atoms with Gasteiger partial charge in [-0.3, -0.25) is 0 Å². The Labute approximate surface area is 104 Å². The van der Waals surface area contributed by atoms with Crippen LogP contribution in [0.5, 0.6) is 0 Å². The van der Waals surface area contributed by atoms with E-state index in [0.29, 0.717) is 11.8 Å². The van der Waals surface area contributed by atoms with Crippen molar-refractivity contribution in [2.24, 2.45) is 11.8 Å². The van der Waals surface area contributed by atoms with Crippen molar-refractivity contribution < 1.29 is 9.53 Å². The number of nitrogens with zero attached hydrogens (tertiary/aromatic N) is 1. The van der Waals surface area contributed by atoms with Crippen LogP contribution in [0, 0.1) is 11.8 Å². The largest absolute Gasteiger partial charge is 0.444 e. The maximum Gasteiger partial charge on any atom is 0.410 e. The first-order valence-corrected chi connectivity index (χ1v) is 6.57. The molecule has 0 saturated carbocycles. The highest BCUT2D eigenvalue weighted by Gasteiger charge is 2.39. The van der Waals surface area contributed by atoms with Gasteiger partial charge in [-0.15, -0.1) is 0 Å². The molecule has 0 aromatic rings. The molecule has 2 heterocycles. The molecule has 98 valence electrons. The van der Waals surface area contributed by atoms with E-state index in [0.717, 1.165) is 19.6 Å². The van der Waals surface area contributed by atoms with Crippen molar-refractivity contribution in [3.8, 4) is 0 Å². The lowest BCUT2D eigenvalue weighted by Crippen LogP contribution is -2.58. The summed E-state index contributed by atoms with van der Waals surface area (Å²) in [7, 11) is 0. The Morgan fingerprint density at radius 3 is 2.71 bits per heavy atom. The standard InChI is InChI=1S/C13H24N2O2/c1-9-11-5-10(6-14-7-11)8-15(9)12(16)17-13(2,3)4/h9-11,14H,5-8H2,1-4H3/t9-,10-,11+/m1/s1. The van der Waals surface area contributed by atoms with Gasteiger partial charge in [0.05, 0.1) is 0 Å². The van der Waals surface area contributed by atoms with E-state index in [2.05, 4.69) is 12.2 Å². The van der Waals surface area contributed by atoms with Crippen LogP contribution in [0.2, 0.25) is 0 Å². The van der Waals surface area contributed by atoms with E-state index >= 15 is 0 Å². The Morgan fingerprint density at radius 1 is 1.35 bits per heavy atom. The number of likely N-dealkylation sites (tertiary alicyclic amines) is 1. The molecule has 2 aliphatic rings. The van der Waals surface area contributed by atoms with E-state index in [9.17, 15) is 4.79 Å². The highest BCUT2D eigenvalue weighted by molar-refractivity contribution is 5.68. The second kappa shape index (κ2) is 4.48. The maximum atomic E-state index is 12.1. The molecule has 0 radical (unpaired) electrons.